The second kappa shape index (κ2) is 8.45. The average molecular weight is 404 g/mol. The summed E-state index contributed by atoms with van der Waals surface area (Å²) in [6.07, 6.45) is 0. The molecule has 6 nitrogen and oxygen atoms in total. The van der Waals surface area contributed by atoms with Crippen molar-refractivity contribution in [3.8, 4) is 11.4 Å². The van der Waals surface area contributed by atoms with Crippen LogP contribution in [0.15, 0.2) is 47.6 Å². The Morgan fingerprint density at radius 3 is 2.63 bits per heavy atom. The van der Waals surface area contributed by atoms with Gasteiger partial charge in [-0.25, -0.2) is 0 Å². The van der Waals surface area contributed by atoms with Gasteiger partial charge >= 0.3 is 5.97 Å². The number of rotatable bonds is 7. The molecule has 1 N–H and O–H groups in total. The molecular weight excluding hydrogens is 386 g/mol. The minimum Gasteiger partial charge on any atom is -0.486 e. The van der Waals surface area contributed by atoms with Crippen LogP contribution in [-0.2, 0) is 11.4 Å². The zero-order valence-corrected chi connectivity index (χ0v) is 16.4. The largest absolute Gasteiger partial charge is 0.486 e. The van der Waals surface area contributed by atoms with Crippen molar-refractivity contribution in [3.63, 3.8) is 0 Å². The van der Waals surface area contributed by atoms with E-state index < -0.39 is 5.97 Å². The van der Waals surface area contributed by atoms with Gasteiger partial charge in [-0.05, 0) is 55.3 Å². The van der Waals surface area contributed by atoms with E-state index in [0.717, 1.165) is 28.6 Å². The molecule has 0 aliphatic carbocycles. The van der Waals surface area contributed by atoms with E-state index in [1.54, 1.807) is 24.3 Å². The van der Waals surface area contributed by atoms with Crippen molar-refractivity contribution in [2.24, 2.45) is 0 Å². The number of hydrogen-bond donors (Lipinski definition) is 1. The predicted molar refractivity (Wildman–Crippen MR) is 105 cm³/mol. The number of aryl methyl sites for hydroxylation is 1. The van der Waals surface area contributed by atoms with Crippen molar-refractivity contribution in [1.82, 2.24) is 14.8 Å². The third kappa shape index (κ3) is 4.61. The standard InChI is InChI=1S/C19H18ClN3O3S/c1-12-4-3-5-16(13(12)2)23-17(21-22-19(23)27-11-18(24)25)10-26-15-8-6-14(20)7-9-15/h3-9H,10-11H2,1-2H3,(H,24,25). The highest BCUT2D eigenvalue weighted by Gasteiger charge is 2.18. The van der Waals surface area contributed by atoms with Crippen LogP contribution in [0.25, 0.3) is 5.69 Å². The van der Waals surface area contributed by atoms with Gasteiger partial charge < -0.3 is 9.84 Å². The Kier molecular flexibility index (Phi) is 6.03. The smallest absolute Gasteiger partial charge is 0.313 e. The SMILES string of the molecule is Cc1cccc(-n2c(COc3ccc(Cl)cc3)nnc2SCC(=O)O)c1C. The van der Waals surface area contributed by atoms with Gasteiger partial charge in [0.05, 0.1) is 11.4 Å². The van der Waals surface area contributed by atoms with Gasteiger partial charge in [0, 0.05) is 5.02 Å². The normalized spacial score (nSPS) is 10.8. The van der Waals surface area contributed by atoms with E-state index in [-0.39, 0.29) is 12.4 Å². The minimum atomic E-state index is -0.908. The minimum absolute atomic E-state index is 0.0962. The van der Waals surface area contributed by atoms with E-state index in [0.29, 0.717) is 21.8 Å². The fourth-order valence-corrected chi connectivity index (χ4v) is 3.32. The lowest BCUT2D eigenvalue weighted by molar-refractivity contribution is -0.133. The summed E-state index contributed by atoms with van der Waals surface area (Å²) in [7, 11) is 0. The lowest BCUT2D eigenvalue weighted by Crippen LogP contribution is -2.09. The van der Waals surface area contributed by atoms with Crippen LogP contribution >= 0.6 is 23.4 Å². The second-order valence-corrected chi connectivity index (χ2v) is 7.26. The van der Waals surface area contributed by atoms with Crippen LogP contribution in [0.5, 0.6) is 5.75 Å². The molecule has 1 aromatic heterocycles. The fraction of sp³-hybridized carbons (Fsp3) is 0.211. The summed E-state index contributed by atoms with van der Waals surface area (Å²) in [5.74, 6) is 0.247. The molecule has 2 aromatic carbocycles. The Labute approximate surface area is 166 Å². The molecular formula is C19H18ClN3O3S. The molecule has 0 radical (unpaired) electrons. The third-order valence-corrected chi connectivity index (χ3v) is 5.19. The highest BCUT2D eigenvalue weighted by molar-refractivity contribution is 7.99. The molecule has 0 amide bonds. The third-order valence-electron chi connectivity index (χ3n) is 4.02. The van der Waals surface area contributed by atoms with Gasteiger partial charge in [0.15, 0.2) is 11.0 Å². The number of hydrogen-bond acceptors (Lipinski definition) is 5. The van der Waals surface area contributed by atoms with Crippen molar-refractivity contribution in [1.29, 1.82) is 0 Å². The van der Waals surface area contributed by atoms with Crippen molar-refractivity contribution in [2.45, 2.75) is 25.6 Å². The van der Waals surface area contributed by atoms with Crippen molar-refractivity contribution >= 4 is 29.3 Å². The molecule has 0 aliphatic rings. The van der Waals surface area contributed by atoms with Gasteiger partial charge in [0.2, 0.25) is 0 Å². The topological polar surface area (TPSA) is 77.2 Å². The van der Waals surface area contributed by atoms with Gasteiger partial charge in [-0.2, -0.15) is 0 Å². The molecule has 0 fully saturated rings. The van der Waals surface area contributed by atoms with Gasteiger partial charge in [-0.15, -0.1) is 10.2 Å². The molecule has 0 saturated heterocycles. The number of nitrogens with zero attached hydrogens (tertiary/aromatic N) is 3. The first kappa shape index (κ1) is 19.3. The Hall–Kier alpha value is -2.51. The summed E-state index contributed by atoms with van der Waals surface area (Å²) in [6.45, 7) is 4.23. The van der Waals surface area contributed by atoms with Gasteiger partial charge in [-0.3, -0.25) is 9.36 Å². The van der Waals surface area contributed by atoms with Crippen LogP contribution in [0.1, 0.15) is 17.0 Å². The number of carboxylic acid groups (broad SMARTS) is 1. The summed E-state index contributed by atoms with van der Waals surface area (Å²) in [6, 6.07) is 13.0. The Morgan fingerprint density at radius 2 is 1.93 bits per heavy atom. The maximum Gasteiger partial charge on any atom is 0.313 e. The zero-order valence-electron chi connectivity index (χ0n) is 14.8. The first-order chi connectivity index (χ1) is 13.0. The van der Waals surface area contributed by atoms with Crippen molar-refractivity contribution in [3.05, 3.63) is 64.4 Å². The molecule has 0 saturated carbocycles. The number of thioether (sulfide) groups is 1. The number of aliphatic carboxylic acids is 1. The zero-order chi connectivity index (χ0) is 19.4. The fourth-order valence-electron chi connectivity index (χ4n) is 2.51. The first-order valence-electron chi connectivity index (χ1n) is 8.19. The number of halogens is 1. The lowest BCUT2D eigenvalue weighted by Gasteiger charge is -2.14. The second-order valence-electron chi connectivity index (χ2n) is 5.88. The van der Waals surface area contributed by atoms with Crippen molar-refractivity contribution in [2.75, 3.05) is 5.75 Å². The van der Waals surface area contributed by atoms with Gasteiger partial charge in [-0.1, -0.05) is 35.5 Å². The number of carboxylic acids is 1. The molecule has 140 valence electrons. The number of aromatic nitrogens is 3. The van der Waals surface area contributed by atoms with E-state index >= 15 is 0 Å². The van der Waals surface area contributed by atoms with Gasteiger partial charge in [0.1, 0.15) is 12.4 Å². The Morgan fingerprint density at radius 1 is 1.19 bits per heavy atom. The molecule has 1 heterocycles. The Balaban J connectivity index is 1.94. The molecule has 0 spiro atoms. The summed E-state index contributed by atoms with van der Waals surface area (Å²) in [4.78, 5) is 11.0. The monoisotopic (exact) mass is 403 g/mol. The number of benzene rings is 2. The molecule has 0 aliphatic heterocycles. The van der Waals surface area contributed by atoms with Crippen LogP contribution in [0.3, 0.4) is 0 Å². The van der Waals surface area contributed by atoms with Crippen LogP contribution in [0.2, 0.25) is 5.02 Å². The predicted octanol–water partition coefficient (Wildman–Crippen LogP) is 4.29. The highest BCUT2D eigenvalue weighted by Crippen LogP contribution is 2.26. The summed E-state index contributed by atoms with van der Waals surface area (Å²) < 4.78 is 7.66. The van der Waals surface area contributed by atoms with Crippen LogP contribution in [-0.4, -0.2) is 31.6 Å². The molecule has 0 bridgehead atoms. The number of ether oxygens (including phenoxy) is 1. The number of carbonyl (C=O) groups is 1. The average Bonchev–Trinajstić information content (AvgIpc) is 3.04. The molecule has 0 unspecified atom stereocenters. The molecule has 27 heavy (non-hydrogen) atoms. The summed E-state index contributed by atoms with van der Waals surface area (Å²) in [5, 5.41) is 18.5. The quantitative estimate of drug-likeness (QED) is 0.593. The van der Waals surface area contributed by atoms with E-state index in [2.05, 4.69) is 10.2 Å². The molecule has 3 rings (SSSR count). The highest BCUT2D eigenvalue weighted by atomic mass is 35.5. The molecule has 0 atom stereocenters. The Bertz CT molecular complexity index is 957. The molecule has 3 aromatic rings. The van der Waals surface area contributed by atoms with E-state index in [4.69, 9.17) is 21.4 Å². The van der Waals surface area contributed by atoms with Crippen LogP contribution in [0, 0.1) is 13.8 Å². The molecule has 8 heteroatoms. The van der Waals surface area contributed by atoms with Crippen LogP contribution in [0.4, 0.5) is 0 Å². The van der Waals surface area contributed by atoms with E-state index in [1.807, 2.05) is 36.6 Å². The van der Waals surface area contributed by atoms with E-state index in [1.165, 1.54) is 0 Å². The van der Waals surface area contributed by atoms with Crippen molar-refractivity contribution < 1.29 is 14.6 Å². The first-order valence-corrected chi connectivity index (χ1v) is 9.56. The van der Waals surface area contributed by atoms with E-state index in [9.17, 15) is 4.79 Å². The van der Waals surface area contributed by atoms with Gasteiger partial charge in [0.25, 0.3) is 0 Å². The maximum absolute atomic E-state index is 11.0. The van der Waals surface area contributed by atoms with Crippen LogP contribution < -0.4 is 4.74 Å². The summed E-state index contributed by atoms with van der Waals surface area (Å²) in [5.41, 5.74) is 3.10. The summed E-state index contributed by atoms with van der Waals surface area (Å²) >= 11 is 7.02. The lowest BCUT2D eigenvalue weighted by atomic mass is 10.1. The maximum atomic E-state index is 11.0.